The molecule has 0 saturated carbocycles. The van der Waals surface area contributed by atoms with Crippen molar-refractivity contribution in [3.05, 3.63) is 0 Å². The van der Waals surface area contributed by atoms with Gasteiger partial charge in [-0.05, 0) is 0 Å². The number of carbonyl (C=O) groups excluding carboxylic acids is 10. The molecule has 0 unspecified atom stereocenters. The molecule has 0 saturated heterocycles. The van der Waals surface area contributed by atoms with Crippen LogP contribution in [0.2, 0.25) is 0 Å². The number of carboxylic acids is 1. The molecule has 0 fully saturated rings. The van der Waals surface area contributed by atoms with Crippen LogP contribution in [0.4, 0.5) is 0 Å². The fourth-order valence-corrected chi connectivity index (χ4v) is 4.02. The molecule has 22 heteroatoms. The Morgan fingerprint density at radius 1 is 0.278 bits per heavy atom. The topological polar surface area (TPSA) is 240 Å². The number of carbonyl (C=O) groups is 11. The zero-order valence-corrected chi connectivity index (χ0v) is 33.0. The second-order valence-corrected chi connectivity index (χ2v) is 13.0. The van der Waals surface area contributed by atoms with Crippen molar-refractivity contribution in [3.63, 3.8) is 0 Å². The maximum atomic E-state index is 12.8. The van der Waals surface area contributed by atoms with Crippen LogP contribution >= 0.6 is 0 Å². The quantitative estimate of drug-likeness (QED) is 0.122. The molecule has 0 aromatic carbocycles. The summed E-state index contributed by atoms with van der Waals surface area (Å²) in [7, 11) is 13.4. The van der Waals surface area contributed by atoms with Gasteiger partial charge in [0.2, 0.25) is 59.1 Å². The molecule has 0 bridgehead atoms. The molecular formula is C32H54N10O12. The van der Waals surface area contributed by atoms with E-state index in [1.54, 1.807) is 0 Å². The summed E-state index contributed by atoms with van der Waals surface area (Å²) in [6, 6.07) is 0. The Balaban J connectivity index is 4.87. The van der Waals surface area contributed by atoms with Gasteiger partial charge >= 0.3 is 5.97 Å². The molecule has 0 aromatic rings. The fourth-order valence-electron chi connectivity index (χ4n) is 4.02. The van der Waals surface area contributed by atoms with Crippen molar-refractivity contribution in [3.8, 4) is 0 Å². The average Bonchev–Trinajstić information content (AvgIpc) is 3.06. The van der Waals surface area contributed by atoms with Gasteiger partial charge in [0.05, 0.1) is 58.9 Å². The predicted octanol–water partition coefficient (Wildman–Crippen LogP) is -5.33. The highest BCUT2D eigenvalue weighted by molar-refractivity contribution is 5.93. The van der Waals surface area contributed by atoms with Crippen LogP contribution in [0, 0.1) is 0 Å². The monoisotopic (exact) mass is 770 g/mol. The number of likely N-dealkylation sites (N-methyl/N-ethyl adjacent to an activating group) is 10. The van der Waals surface area contributed by atoms with Gasteiger partial charge in [0.1, 0.15) is 6.54 Å². The van der Waals surface area contributed by atoms with E-state index in [1.165, 1.54) is 82.3 Å². The van der Waals surface area contributed by atoms with E-state index in [0.29, 0.717) is 0 Å². The van der Waals surface area contributed by atoms with E-state index < -0.39 is 111 Å². The fraction of sp³-hybridized carbons (Fsp3) is 0.656. The van der Waals surface area contributed by atoms with Crippen LogP contribution in [0.3, 0.4) is 0 Å². The first-order valence-electron chi connectivity index (χ1n) is 16.4. The van der Waals surface area contributed by atoms with Crippen LogP contribution in [-0.2, 0) is 52.7 Å². The smallest absolute Gasteiger partial charge is 0.323 e. The lowest BCUT2D eigenvalue weighted by atomic mass is 10.3. The molecule has 22 nitrogen and oxygen atoms in total. The van der Waals surface area contributed by atoms with Crippen molar-refractivity contribution in [1.82, 2.24) is 49.0 Å². The number of hydrogen-bond acceptors (Lipinski definition) is 11. The Kier molecular flexibility index (Phi) is 19.9. The molecule has 54 heavy (non-hydrogen) atoms. The Morgan fingerprint density at radius 3 is 0.537 bits per heavy atom. The molecule has 0 radical (unpaired) electrons. The lowest BCUT2D eigenvalue weighted by molar-refractivity contribution is -0.147. The number of carboxylic acid groups (broad SMARTS) is 1. The van der Waals surface area contributed by atoms with Crippen LogP contribution in [-0.4, -0.2) is 255 Å². The van der Waals surface area contributed by atoms with Crippen LogP contribution in [0.15, 0.2) is 0 Å². The summed E-state index contributed by atoms with van der Waals surface area (Å²) in [5.41, 5.74) is 0. The summed E-state index contributed by atoms with van der Waals surface area (Å²) in [4.78, 5) is 146. The van der Waals surface area contributed by atoms with E-state index in [1.807, 2.05) is 0 Å². The van der Waals surface area contributed by atoms with E-state index in [4.69, 9.17) is 5.11 Å². The molecule has 1 N–H and O–H groups in total. The first-order chi connectivity index (χ1) is 24.8. The van der Waals surface area contributed by atoms with Gasteiger partial charge in [0, 0.05) is 77.4 Å². The summed E-state index contributed by atoms with van der Waals surface area (Å²) in [5, 5.41) is 8.81. The summed E-state index contributed by atoms with van der Waals surface area (Å²) in [6.45, 7) is -2.83. The molecule has 0 aliphatic rings. The molecular weight excluding hydrogens is 716 g/mol. The second-order valence-electron chi connectivity index (χ2n) is 13.0. The van der Waals surface area contributed by atoms with Crippen molar-refractivity contribution in [2.24, 2.45) is 0 Å². The summed E-state index contributed by atoms with van der Waals surface area (Å²) in [6.07, 6.45) is 0. The van der Waals surface area contributed by atoms with Gasteiger partial charge in [-0.2, -0.15) is 0 Å². The van der Waals surface area contributed by atoms with Gasteiger partial charge in [-0.1, -0.05) is 0 Å². The minimum absolute atomic E-state index is 0.222. The van der Waals surface area contributed by atoms with Gasteiger partial charge in [0.25, 0.3) is 0 Å². The maximum Gasteiger partial charge on any atom is 0.323 e. The van der Waals surface area contributed by atoms with Crippen molar-refractivity contribution < 1.29 is 57.8 Å². The highest BCUT2D eigenvalue weighted by atomic mass is 16.4. The average molecular weight is 771 g/mol. The van der Waals surface area contributed by atoms with Crippen LogP contribution in [0.25, 0.3) is 0 Å². The third-order valence-corrected chi connectivity index (χ3v) is 8.09. The van der Waals surface area contributed by atoms with E-state index in [9.17, 15) is 52.7 Å². The zero-order chi connectivity index (χ0) is 42.2. The standard InChI is InChI=1S/C32H54N10O12/c1-22(43)33(2)12-23(44)34(3)13-24(45)35(4)14-25(46)36(5)15-26(47)37(6)16-27(48)38(7)17-28(49)39(8)18-29(50)40(9)19-30(51)41(10)20-31(52)42(11)21-32(53)54/h12-21H2,1-11H3,(H,53,54). The maximum absolute atomic E-state index is 12.8. The molecule has 0 spiro atoms. The van der Waals surface area contributed by atoms with Crippen molar-refractivity contribution >= 4 is 65.0 Å². The lowest BCUT2D eigenvalue weighted by Gasteiger charge is -2.27. The largest absolute Gasteiger partial charge is 0.480 e. The third kappa shape index (κ3) is 17.1. The Hall–Kier alpha value is -5.83. The van der Waals surface area contributed by atoms with Crippen molar-refractivity contribution in [2.45, 2.75) is 6.92 Å². The summed E-state index contributed by atoms with van der Waals surface area (Å²) in [5.74, 6) is -6.88. The normalized spacial score (nSPS) is 10.3. The minimum Gasteiger partial charge on any atom is -0.480 e. The molecule has 0 aliphatic heterocycles. The molecule has 0 atom stereocenters. The van der Waals surface area contributed by atoms with Crippen LogP contribution in [0.5, 0.6) is 0 Å². The second kappa shape index (κ2) is 22.3. The Morgan fingerprint density at radius 2 is 0.407 bits per heavy atom. The highest BCUT2D eigenvalue weighted by Crippen LogP contribution is 2.00. The molecule has 304 valence electrons. The SMILES string of the molecule is CC(=O)N(C)CC(=O)N(C)CC(=O)N(C)CC(=O)N(C)CC(=O)N(C)CC(=O)N(C)CC(=O)N(C)CC(=O)N(C)CC(=O)N(C)CC(=O)N(C)CC(=O)O. The molecule has 0 rings (SSSR count). The van der Waals surface area contributed by atoms with Gasteiger partial charge in [-0.3, -0.25) is 52.7 Å². The van der Waals surface area contributed by atoms with E-state index in [-0.39, 0.29) is 19.0 Å². The van der Waals surface area contributed by atoms with Crippen molar-refractivity contribution in [2.75, 3.05) is 136 Å². The number of nitrogens with zero attached hydrogens (tertiary/aromatic N) is 10. The van der Waals surface area contributed by atoms with Crippen LogP contribution < -0.4 is 0 Å². The minimum atomic E-state index is -1.22. The van der Waals surface area contributed by atoms with Gasteiger partial charge in [-0.15, -0.1) is 0 Å². The number of hydrogen-bond donors (Lipinski definition) is 1. The summed E-state index contributed by atoms with van der Waals surface area (Å²) < 4.78 is 0. The number of aliphatic carboxylic acids is 1. The zero-order valence-electron chi connectivity index (χ0n) is 33.0. The van der Waals surface area contributed by atoms with E-state index in [0.717, 1.165) is 44.1 Å². The third-order valence-electron chi connectivity index (χ3n) is 8.09. The van der Waals surface area contributed by atoms with Gasteiger partial charge in [-0.25, -0.2) is 0 Å². The van der Waals surface area contributed by atoms with Crippen molar-refractivity contribution in [1.29, 1.82) is 0 Å². The number of rotatable bonds is 20. The molecule has 0 aliphatic carbocycles. The van der Waals surface area contributed by atoms with Gasteiger partial charge < -0.3 is 54.1 Å². The molecule has 0 aromatic heterocycles. The van der Waals surface area contributed by atoms with E-state index >= 15 is 0 Å². The number of amides is 10. The Bertz CT molecular complexity index is 1460. The lowest BCUT2D eigenvalue weighted by Crippen LogP contribution is -2.49. The first kappa shape index (κ1) is 48.2. The Labute approximate surface area is 314 Å². The van der Waals surface area contributed by atoms with Crippen LogP contribution in [0.1, 0.15) is 6.92 Å². The van der Waals surface area contributed by atoms with E-state index in [2.05, 4.69) is 0 Å². The van der Waals surface area contributed by atoms with Gasteiger partial charge in [0.15, 0.2) is 0 Å². The highest BCUT2D eigenvalue weighted by Gasteiger charge is 2.26. The first-order valence-corrected chi connectivity index (χ1v) is 16.4. The molecule has 0 heterocycles. The molecule has 10 amide bonds. The predicted molar refractivity (Wildman–Crippen MR) is 190 cm³/mol. The summed E-state index contributed by atoms with van der Waals surface area (Å²) >= 11 is 0.